The molecule has 0 saturated carbocycles. The van der Waals surface area contributed by atoms with Crippen LogP contribution in [0, 0.1) is 0 Å². The Bertz CT molecular complexity index is 916. The molecule has 1 heterocycles. The van der Waals surface area contributed by atoms with E-state index in [1.165, 1.54) is 26.2 Å². The third kappa shape index (κ3) is 2.96. The van der Waals surface area contributed by atoms with Crippen LogP contribution >= 0.6 is 0 Å². The molecule has 25 heavy (non-hydrogen) atoms. The van der Waals surface area contributed by atoms with E-state index in [1.54, 1.807) is 17.0 Å². The summed E-state index contributed by atoms with van der Waals surface area (Å²) in [6, 6.07) is 14.0. The molecule has 1 amide bonds. The second-order valence-corrected chi connectivity index (χ2v) is 9.26. The number of anilines is 1. The molecule has 0 N–H and O–H groups in total. The van der Waals surface area contributed by atoms with Crippen molar-refractivity contribution in [2.75, 3.05) is 25.5 Å². The molecule has 2 aromatic carbocycles. The van der Waals surface area contributed by atoms with Crippen molar-refractivity contribution in [1.29, 1.82) is 0 Å². The maximum Gasteiger partial charge on any atom is 0.258 e. The minimum Gasteiger partial charge on any atom is -0.307 e. The van der Waals surface area contributed by atoms with Gasteiger partial charge in [0.2, 0.25) is 10.0 Å². The van der Waals surface area contributed by atoms with Crippen molar-refractivity contribution in [2.45, 2.75) is 24.2 Å². The summed E-state index contributed by atoms with van der Waals surface area (Å²) < 4.78 is 25.5. The number of rotatable bonds is 3. The molecule has 0 bridgehead atoms. The lowest BCUT2D eigenvalue weighted by molar-refractivity contribution is 0.0986. The Balaban J connectivity index is 1.93. The number of para-hydroxylation sites is 1. The van der Waals surface area contributed by atoms with Gasteiger partial charge in [-0.2, -0.15) is 0 Å². The Kier molecular flexibility index (Phi) is 4.21. The number of amides is 1. The number of carbonyl (C=O) groups excluding carboxylic acids is 1. The average molecular weight is 358 g/mol. The highest BCUT2D eigenvalue weighted by Crippen LogP contribution is 2.40. The molecule has 1 aliphatic heterocycles. The molecule has 1 aliphatic rings. The molecule has 0 aliphatic carbocycles. The summed E-state index contributed by atoms with van der Waals surface area (Å²) >= 11 is 0. The van der Waals surface area contributed by atoms with Gasteiger partial charge in [-0.25, -0.2) is 12.7 Å². The highest BCUT2D eigenvalue weighted by Gasteiger charge is 2.37. The van der Waals surface area contributed by atoms with E-state index in [0.717, 1.165) is 15.6 Å². The SMILES string of the molecule is CN(C)S(=O)(=O)c1ccc(C(=O)N2CC(C)(C)c3ccccc32)cc1. The van der Waals surface area contributed by atoms with E-state index >= 15 is 0 Å². The minimum atomic E-state index is -3.50. The van der Waals surface area contributed by atoms with Crippen LogP contribution in [0.25, 0.3) is 0 Å². The molecule has 0 unspecified atom stereocenters. The Morgan fingerprint density at radius 1 is 1.04 bits per heavy atom. The standard InChI is InChI=1S/C19H22N2O3S/c1-19(2)13-21(17-8-6-5-7-16(17)19)18(22)14-9-11-15(12-10-14)25(23,24)20(3)4/h5-12H,13H2,1-4H3. The lowest BCUT2D eigenvalue weighted by atomic mass is 9.87. The fraction of sp³-hybridized carbons (Fsp3) is 0.316. The zero-order valence-electron chi connectivity index (χ0n) is 14.9. The van der Waals surface area contributed by atoms with E-state index in [9.17, 15) is 13.2 Å². The predicted octanol–water partition coefficient (Wildman–Crippen LogP) is 2.87. The first-order valence-corrected chi connectivity index (χ1v) is 9.52. The van der Waals surface area contributed by atoms with Gasteiger partial charge in [0, 0.05) is 37.3 Å². The van der Waals surface area contributed by atoms with Gasteiger partial charge in [0.05, 0.1) is 4.90 Å². The Labute approximate surface area is 148 Å². The van der Waals surface area contributed by atoms with Gasteiger partial charge in [0.15, 0.2) is 0 Å². The van der Waals surface area contributed by atoms with Crippen molar-refractivity contribution < 1.29 is 13.2 Å². The summed E-state index contributed by atoms with van der Waals surface area (Å²) in [6.45, 7) is 4.83. The topological polar surface area (TPSA) is 57.7 Å². The second-order valence-electron chi connectivity index (χ2n) is 7.10. The van der Waals surface area contributed by atoms with Crippen LogP contribution in [-0.4, -0.2) is 39.3 Å². The van der Waals surface area contributed by atoms with Gasteiger partial charge in [-0.3, -0.25) is 4.79 Å². The normalized spacial score (nSPS) is 16.1. The zero-order valence-corrected chi connectivity index (χ0v) is 15.7. The number of carbonyl (C=O) groups is 1. The van der Waals surface area contributed by atoms with Gasteiger partial charge in [0.1, 0.15) is 0 Å². The molecule has 0 atom stereocenters. The zero-order chi connectivity index (χ0) is 18.4. The molecule has 0 fully saturated rings. The lowest BCUT2D eigenvalue weighted by Gasteiger charge is -2.21. The van der Waals surface area contributed by atoms with Crippen molar-refractivity contribution in [1.82, 2.24) is 4.31 Å². The fourth-order valence-electron chi connectivity index (χ4n) is 3.16. The van der Waals surface area contributed by atoms with Gasteiger partial charge < -0.3 is 4.90 Å². The first-order chi connectivity index (χ1) is 11.6. The van der Waals surface area contributed by atoms with E-state index in [0.29, 0.717) is 12.1 Å². The quantitative estimate of drug-likeness (QED) is 0.848. The van der Waals surface area contributed by atoms with E-state index in [1.807, 2.05) is 18.2 Å². The van der Waals surface area contributed by atoms with Crippen molar-refractivity contribution in [3.8, 4) is 0 Å². The summed E-state index contributed by atoms with van der Waals surface area (Å²) in [6.07, 6.45) is 0. The van der Waals surface area contributed by atoms with E-state index in [-0.39, 0.29) is 16.2 Å². The monoisotopic (exact) mass is 358 g/mol. The number of nitrogens with zero attached hydrogens (tertiary/aromatic N) is 2. The number of hydrogen-bond donors (Lipinski definition) is 0. The first kappa shape index (κ1) is 17.6. The van der Waals surface area contributed by atoms with Gasteiger partial charge in [0.25, 0.3) is 5.91 Å². The molecule has 0 aromatic heterocycles. The number of fused-ring (bicyclic) bond motifs is 1. The Hall–Kier alpha value is -2.18. The van der Waals surface area contributed by atoms with Gasteiger partial charge >= 0.3 is 0 Å². The molecule has 0 saturated heterocycles. The van der Waals surface area contributed by atoms with Gasteiger partial charge in [-0.1, -0.05) is 32.0 Å². The van der Waals surface area contributed by atoms with Crippen LogP contribution in [-0.2, 0) is 15.4 Å². The second kappa shape index (κ2) is 5.97. The first-order valence-electron chi connectivity index (χ1n) is 8.08. The minimum absolute atomic E-state index is 0.111. The number of benzene rings is 2. The number of sulfonamides is 1. The molecular weight excluding hydrogens is 336 g/mol. The van der Waals surface area contributed by atoms with Crippen LogP contribution in [0.4, 0.5) is 5.69 Å². The highest BCUT2D eigenvalue weighted by molar-refractivity contribution is 7.89. The molecule has 5 nitrogen and oxygen atoms in total. The smallest absolute Gasteiger partial charge is 0.258 e. The number of hydrogen-bond acceptors (Lipinski definition) is 3. The van der Waals surface area contributed by atoms with Crippen LogP contribution in [0.2, 0.25) is 0 Å². The average Bonchev–Trinajstić information content (AvgIpc) is 2.86. The molecule has 0 radical (unpaired) electrons. The molecule has 3 rings (SSSR count). The molecule has 0 spiro atoms. The maximum absolute atomic E-state index is 13.0. The molecule has 6 heteroatoms. The summed E-state index contributed by atoms with van der Waals surface area (Å²) in [5, 5.41) is 0. The largest absolute Gasteiger partial charge is 0.307 e. The Morgan fingerprint density at radius 2 is 1.64 bits per heavy atom. The van der Waals surface area contributed by atoms with E-state index in [2.05, 4.69) is 19.9 Å². The van der Waals surface area contributed by atoms with Crippen LogP contribution in [0.3, 0.4) is 0 Å². The lowest BCUT2D eigenvalue weighted by Crippen LogP contribution is -2.34. The van der Waals surface area contributed by atoms with Crippen molar-refractivity contribution >= 4 is 21.6 Å². The van der Waals surface area contributed by atoms with Crippen LogP contribution in [0.5, 0.6) is 0 Å². The summed E-state index contributed by atoms with van der Waals surface area (Å²) in [5.74, 6) is -0.119. The maximum atomic E-state index is 13.0. The summed E-state index contributed by atoms with van der Waals surface area (Å²) in [7, 11) is -0.530. The van der Waals surface area contributed by atoms with Crippen LogP contribution < -0.4 is 4.90 Å². The van der Waals surface area contributed by atoms with Crippen molar-refractivity contribution in [3.63, 3.8) is 0 Å². The van der Waals surface area contributed by atoms with E-state index < -0.39 is 10.0 Å². The summed E-state index contributed by atoms with van der Waals surface area (Å²) in [4.78, 5) is 14.9. The van der Waals surface area contributed by atoms with Crippen LogP contribution in [0.1, 0.15) is 29.8 Å². The highest BCUT2D eigenvalue weighted by atomic mass is 32.2. The van der Waals surface area contributed by atoms with E-state index in [4.69, 9.17) is 0 Å². The fourth-order valence-corrected chi connectivity index (χ4v) is 4.07. The predicted molar refractivity (Wildman–Crippen MR) is 98.5 cm³/mol. The third-order valence-electron chi connectivity index (χ3n) is 4.60. The molecular formula is C19H22N2O3S. The molecule has 132 valence electrons. The van der Waals surface area contributed by atoms with Crippen molar-refractivity contribution in [3.05, 3.63) is 59.7 Å². The molecule has 2 aromatic rings. The third-order valence-corrected chi connectivity index (χ3v) is 6.43. The Morgan fingerprint density at radius 3 is 2.24 bits per heavy atom. The van der Waals surface area contributed by atoms with Gasteiger partial charge in [-0.15, -0.1) is 0 Å². The van der Waals surface area contributed by atoms with Gasteiger partial charge in [-0.05, 0) is 35.9 Å². The summed E-state index contributed by atoms with van der Waals surface area (Å²) in [5.41, 5.74) is 2.43. The van der Waals surface area contributed by atoms with Crippen LogP contribution in [0.15, 0.2) is 53.4 Å². The van der Waals surface area contributed by atoms with Crippen molar-refractivity contribution in [2.24, 2.45) is 0 Å².